The highest BCUT2D eigenvalue weighted by atomic mass is 79.9. The Hall–Kier alpha value is -3.03. The molecule has 0 bridgehead atoms. The molecular weight excluding hydrogens is 614 g/mol. The van der Waals surface area contributed by atoms with Crippen LogP contribution < -0.4 is 16.4 Å². The highest BCUT2D eigenvalue weighted by Crippen LogP contribution is 2.33. The monoisotopic (exact) mass is 657 g/mol. The summed E-state index contributed by atoms with van der Waals surface area (Å²) in [5, 5.41) is 28.9. The zero-order valence-corrected chi connectivity index (χ0v) is 27.1. The second-order valence-electron chi connectivity index (χ2n) is 12.0. The summed E-state index contributed by atoms with van der Waals surface area (Å²) in [6, 6.07) is 7.60. The minimum Gasteiger partial charge on any atom is -0.392 e. The maximum Gasteiger partial charge on any atom is 0.319 e. The number of carbonyl (C=O) groups excluding carboxylic acids is 1. The molecule has 4 rings (SSSR count). The average molecular weight is 659 g/mol. The van der Waals surface area contributed by atoms with Crippen molar-refractivity contribution in [2.45, 2.75) is 83.8 Å². The zero-order valence-electron chi connectivity index (χ0n) is 25.5. The number of aliphatic hydroxyl groups excluding tert-OH is 2. The van der Waals surface area contributed by atoms with E-state index in [9.17, 15) is 15.0 Å². The molecule has 1 fully saturated rings. The molecule has 1 aliphatic heterocycles. The first-order valence-corrected chi connectivity index (χ1v) is 15.6. The van der Waals surface area contributed by atoms with Gasteiger partial charge in [-0.2, -0.15) is 0 Å². The fraction of sp³-hybridized carbons (Fsp3) is 0.516. The van der Waals surface area contributed by atoms with Gasteiger partial charge >= 0.3 is 6.03 Å². The van der Waals surface area contributed by atoms with E-state index in [4.69, 9.17) is 10.5 Å². The zero-order chi connectivity index (χ0) is 31.3. The minimum absolute atomic E-state index is 0.0501. The standard InChI is InChI=1S/C31H44BrN7O4/c1-6-8-24(39-17-23(32)26-28(33)35-18-36-29(26)39)27(41)25-15-22(40)16-38(19(2)43-25)14-7-13-34-30(42)37-21-11-9-20(10-12-21)31(3,4)5/h8-12,17-19,22,25,27,40-41H,6-7,13-16H2,1-5H3,(H2,33,35,36)(H2,34,37,42)/b24-8+/t19?,22-,25+,27-/m0/s1. The number of rotatable bonds is 9. The summed E-state index contributed by atoms with van der Waals surface area (Å²) in [6.07, 6.45) is 3.98. The van der Waals surface area contributed by atoms with Gasteiger partial charge in [0.25, 0.3) is 0 Å². The highest BCUT2D eigenvalue weighted by Gasteiger charge is 2.35. The number of aromatic nitrogens is 3. The minimum atomic E-state index is -1.03. The molecule has 1 aliphatic rings. The Kier molecular flexibility index (Phi) is 10.8. The number of amides is 2. The molecule has 3 heterocycles. The number of anilines is 2. The van der Waals surface area contributed by atoms with Crippen molar-refractivity contribution in [2.24, 2.45) is 0 Å². The van der Waals surface area contributed by atoms with Crippen LogP contribution in [0.4, 0.5) is 16.3 Å². The van der Waals surface area contributed by atoms with Gasteiger partial charge in [-0.05, 0) is 58.8 Å². The molecule has 0 radical (unpaired) electrons. The molecular formula is C31H44BrN7O4. The number of β-amino-alcohol motifs (C(OH)–C–C–N with tert-alkyl or cyclic N) is 1. The molecule has 1 saturated heterocycles. The first-order valence-electron chi connectivity index (χ1n) is 14.8. The van der Waals surface area contributed by atoms with Gasteiger partial charge in [0.2, 0.25) is 0 Å². The lowest BCUT2D eigenvalue weighted by molar-refractivity contribution is -0.102. The second kappa shape index (κ2) is 14.2. The van der Waals surface area contributed by atoms with Gasteiger partial charge < -0.3 is 35.9 Å². The van der Waals surface area contributed by atoms with E-state index in [2.05, 4.69) is 57.3 Å². The molecule has 0 saturated carbocycles. The van der Waals surface area contributed by atoms with Gasteiger partial charge in [0.15, 0.2) is 5.65 Å². The number of halogens is 1. The quantitative estimate of drug-likeness (QED) is 0.208. The van der Waals surface area contributed by atoms with E-state index in [1.54, 1.807) is 4.57 Å². The van der Waals surface area contributed by atoms with Crippen LogP contribution in [0.5, 0.6) is 0 Å². The molecule has 2 amide bonds. The molecule has 4 atom stereocenters. The number of fused-ring (bicyclic) bond motifs is 1. The van der Waals surface area contributed by atoms with Crippen LogP contribution in [-0.2, 0) is 10.2 Å². The third-order valence-electron chi connectivity index (χ3n) is 7.66. The molecule has 0 spiro atoms. The number of ether oxygens (including phenoxy) is 1. The third kappa shape index (κ3) is 8.12. The number of nitrogens with two attached hydrogens (primary N) is 1. The number of nitrogens with one attached hydrogen (secondary N) is 2. The van der Waals surface area contributed by atoms with Gasteiger partial charge in [0.05, 0.1) is 23.3 Å². The van der Waals surface area contributed by atoms with Crippen molar-refractivity contribution in [3.63, 3.8) is 0 Å². The van der Waals surface area contributed by atoms with Crippen LogP contribution in [0.15, 0.2) is 47.3 Å². The van der Waals surface area contributed by atoms with E-state index in [1.807, 2.05) is 55.3 Å². The van der Waals surface area contributed by atoms with Crippen LogP contribution in [0.25, 0.3) is 16.7 Å². The van der Waals surface area contributed by atoms with Gasteiger partial charge in [-0.3, -0.25) is 4.90 Å². The largest absolute Gasteiger partial charge is 0.392 e. The van der Waals surface area contributed by atoms with Crippen LogP contribution in [0.1, 0.15) is 59.4 Å². The molecule has 43 heavy (non-hydrogen) atoms. The van der Waals surface area contributed by atoms with E-state index < -0.39 is 18.3 Å². The van der Waals surface area contributed by atoms with Gasteiger partial charge in [-0.25, -0.2) is 14.8 Å². The molecule has 2 aromatic heterocycles. The van der Waals surface area contributed by atoms with Gasteiger partial charge in [-0.15, -0.1) is 0 Å². The maximum absolute atomic E-state index is 12.4. The van der Waals surface area contributed by atoms with Crippen molar-refractivity contribution >= 4 is 50.2 Å². The van der Waals surface area contributed by atoms with E-state index >= 15 is 0 Å². The first kappa shape index (κ1) is 32.9. The van der Waals surface area contributed by atoms with Crippen molar-refractivity contribution in [3.8, 4) is 0 Å². The summed E-state index contributed by atoms with van der Waals surface area (Å²) < 4.78 is 8.85. The molecule has 12 heteroatoms. The predicted molar refractivity (Wildman–Crippen MR) is 174 cm³/mol. The summed E-state index contributed by atoms with van der Waals surface area (Å²) in [5.74, 6) is 0.341. The fourth-order valence-electron chi connectivity index (χ4n) is 5.34. The Bertz CT molecular complexity index is 1420. The molecule has 234 valence electrons. The van der Waals surface area contributed by atoms with E-state index in [0.717, 1.165) is 10.2 Å². The van der Waals surface area contributed by atoms with Crippen molar-refractivity contribution < 1.29 is 19.7 Å². The lowest BCUT2D eigenvalue weighted by Crippen LogP contribution is -2.41. The summed E-state index contributed by atoms with van der Waals surface area (Å²) in [4.78, 5) is 22.9. The van der Waals surface area contributed by atoms with Crippen LogP contribution in [-0.4, -0.2) is 79.9 Å². The number of hydrogen-bond donors (Lipinski definition) is 5. The maximum atomic E-state index is 12.4. The smallest absolute Gasteiger partial charge is 0.319 e. The van der Waals surface area contributed by atoms with Crippen molar-refractivity contribution in [1.82, 2.24) is 24.8 Å². The Morgan fingerprint density at radius 1 is 1.28 bits per heavy atom. The predicted octanol–water partition coefficient (Wildman–Crippen LogP) is 4.69. The number of benzene rings is 1. The summed E-state index contributed by atoms with van der Waals surface area (Å²) in [5.41, 5.74) is 9.24. The molecule has 1 aromatic carbocycles. The number of allylic oxidation sites excluding steroid dienone is 1. The normalized spacial score (nSPS) is 21.0. The molecule has 1 unspecified atom stereocenters. The lowest BCUT2D eigenvalue weighted by Gasteiger charge is -2.30. The first-order chi connectivity index (χ1) is 20.4. The Morgan fingerprint density at radius 2 is 2.00 bits per heavy atom. The van der Waals surface area contributed by atoms with Gasteiger partial charge in [0.1, 0.15) is 24.5 Å². The Morgan fingerprint density at radius 3 is 2.67 bits per heavy atom. The van der Waals surface area contributed by atoms with Gasteiger partial charge in [-0.1, -0.05) is 45.9 Å². The summed E-state index contributed by atoms with van der Waals surface area (Å²) in [6.45, 7) is 11.8. The number of aliphatic hydroxyl groups is 2. The van der Waals surface area contributed by atoms with Crippen LogP contribution in [0.2, 0.25) is 0 Å². The van der Waals surface area contributed by atoms with Crippen molar-refractivity contribution in [3.05, 3.63) is 52.9 Å². The Balaban J connectivity index is 1.33. The van der Waals surface area contributed by atoms with Crippen LogP contribution >= 0.6 is 15.9 Å². The number of hydrogen-bond acceptors (Lipinski definition) is 8. The SMILES string of the molecule is CC/C=C(\[C@H](O)[C@H]1C[C@H](O)CN(CCCNC(=O)Nc2ccc(C(C)(C)C)cc2)C(C)O1)n1cc(Br)c2c(N)ncnc21. The van der Waals surface area contributed by atoms with E-state index in [0.29, 0.717) is 55.0 Å². The number of urea groups is 1. The molecule has 6 N–H and O–H groups in total. The fourth-order valence-corrected chi connectivity index (χ4v) is 5.93. The van der Waals surface area contributed by atoms with Crippen LogP contribution in [0.3, 0.4) is 0 Å². The Labute approximate surface area is 261 Å². The van der Waals surface area contributed by atoms with Crippen molar-refractivity contribution in [2.75, 3.05) is 30.7 Å². The average Bonchev–Trinajstić information content (AvgIpc) is 3.21. The van der Waals surface area contributed by atoms with E-state index in [1.165, 1.54) is 11.9 Å². The summed E-state index contributed by atoms with van der Waals surface area (Å²) in [7, 11) is 0. The number of nitrogens with zero attached hydrogens (tertiary/aromatic N) is 4. The highest BCUT2D eigenvalue weighted by molar-refractivity contribution is 9.10. The van der Waals surface area contributed by atoms with Crippen LogP contribution in [0, 0.1) is 0 Å². The van der Waals surface area contributed by atoms with E-state index in [-0.39, 0.29) is 24.1 Å². The second-order valence-corrected chi connectivity index (χ2v) is 12.9. The topological polar surface area (TPSA) is 151 Å². The third-order valence-corrected chi connectivity index (χ3v) is 8.27. The van der Waals surface area contributed by atoms with Gasteiger partial charge in [0, 0.05) is 42.4 Å². The number of carbonyl (C=O) groups is 1. The molecule has 0 aliphatic carbocycles. The molecule has 3 aromatic rings. The summed E-state index contributed by atoms with van der Waals surface area (Å²) >= 11 is 3.54. The number of nitrogen functional groups attached to an aromatic ring is 1. The van der Waals surface area contributed by atoms with Crippen molar-refractivity contribution in [1.29, 1.82) is 0 Å². The lowest BCUT2D eigenvalue weighted by atomic mass is 9.87. The molecule has 11 nitrogen and oxygen atoms in total.